The summed E-state index contributed by atoms with van der Waals surface area (Å²) in [5.41, 5.74) is 1.81. The summed E-state index contributed by atoms with van der Waals surface area (Å²) in [6.45, 7) is 10.6. The third kappa shape index (κ3) is 4.71. The second kappa shape index (κ2) is 9.86. The molecule has 2 aromatic rings. The maximum absolute atomic E-state index is 12.9. The summed E-state index contributed by atoms with van der Waals surface area (Å²) in [6, 6.07) is 9.98. The van der Waals surface area contributed by atoms with Gasteiger partial charge in [0.2, 0.25) is 0 Å². The fourth-order valence-corrected chi connectivity index (χ4v) is 3.76. The molecule has 7 heteroatoms. The summed E-state index contributed by atoms with van der Waals surface area (Å²) in [6.07, 6.45) is 1.23. The Kier molecular flexibility index (Phi) is 7.22. The van der Waals surface area contributed by atoms with Crippen LogP contribution in [0.2, 0.25) is 0 Å². The summed E-state index contributed by atoms with van der Waals surface area (Å²) < 4.78 is 5.61. The van der Waals surface area contributed by atoms with Gasteiger partial charge >= 0.3 is 5.97 Å². The van der Waals surface area contributed by atoms with Gasteiger partial charge in [0.25, 0.3) is 0 Å². The minimum atomic E-state index is -1.11. The first kappa shape index (κ1) is 22.0. The zero-order valence-corrected chi connectivity index (χ0v) is 18.3. The standard InChI is InChI=1S/C23H31N5O2/c1-5-16(6-2)30-23(29)17(13-24)21-22(27-19-10-8-7-9-18(19)26-21)28-12-11-25-20(14-28)15(3)4/h7-10,15-17,20,25H,5-6,11-12,14H2,1-4H3. The average molecular weight is 410 g/mol. The molecule has 2 heterocycles. The van der Waals surface area contributed by atoms with E-state index in [1.807, 2.05) is 38.1 Å². The van der Waals surface area contributed by atoms with Crippen molar-refractivity contribution in [1.29, 1.82) is 5.26 Å². The second-order valence-corrected chi connectivity index (χ2v) is 8.11. The Morgan fingerprint density at radius 2 is 1.93 bits per heavy atom. The molecule has 30 heavy (non-hydrogen) atoms. The molecule has 160 valence electrons. The van der Waals surface area contributed by atoms with E-state index in [2.05, 4.69) is 30.1 Å². The SMILES string of the molecule is CCC(CC)OC(=O)C(C#N)c1nc2ccccc2nc1N1CCNC(C(C)C)C1. The highest BCUT2D eigenvalue weighted by Gasteiger charge is 2.33. The Morgan fingerprint density at radius 3 is 2.53 bits per heavy atom. The lowest BCUT2D eigenvalue weighted by Crippen LogP contribution is -2.53. The zero-order valence-electron chi connectivity index (χ0n) is 18.3. The normalized spacial score (nSPS) is 17.9. The predicted octanol–water partition coefficient (Wildman–Crippen LogP) is 3.40. The summed E-state index contributed by atoms with van der Waals surface area (Å²) in [5.74, 6) is -0.595. The fraction of sp³-hybridized carbons (Fsp3) is 0.565. The number of hydrogen-bond acceptors (Lipinski definition) is 7. The molecule has 3 rings (SSSR count). The molecular formula is C23H31N5O2. The number of ether oxygens (including phenoxy) is 1. The molecule has 0 spiro atoms. The molecular weight excluding hydrogens is 378 g/mol. The first-order chi connectivity index (χ1) is 14.5. The van der Waals surface area contributed by atoms with Crippen LogP contribution in [0.15, 0.2) is 24.3 Å². The number of piperazine rings is 1. The van der Waals surface area contributed by atoms with Gasteiger partial charge in [0.15, 0.2) is 11.7 Å². The molecule has 0 radical (unpaired) electrons. The average Bonchev–Trinajstić information content (AvgIpc) is 2.77. The highest BCUT2D eigenvalue weighted by molar-refractivity contribution is 5.85. The van der Waals surface area contributed by atoms with Gasteiger partial charge in [-0.15, -0.1) is 0 Å². The number of rotatable bonds is 7. The monoisotopic (exact) mass is 409 g/mol. The number of para-hydroxylation sites is 2. The van der Waals surface area contributed by atoms with Crippen LogP contribution in [0.3, 0.4) is 0 Å². The van der Waals surface area contributed by atoms with E-state index in [0.717, 1.165) is 25.2 Å². The Bertz CT molecular complexity index is 919. The minimum Gasteiger partial charge on any atom is -0.461 e. The van der Waals surface area contributed by atoms with E-state index < -0.39 is 11.9 Å². The molecule has 2 unspecified atom stereocenters. The number of nitrogens with zero attached hydrogens (tertiary/aromatic N) is 4. The highest BCUT2D eigenvalue weighted by atomic mass is 16.5. The number of anilines is 1. The number of fused-ring (bicyclic) bond motifs is 1. The van der Waals surface area contributed by atoms with Crippen LogP contribution in [-0.4, -0.2) is 47.7 Å². The Morgan fingerprint density at radius 1 is 1.27 bits per heavy atom. The number of nitrogens with one attached hydrogen (secondary N) is 1. The van der Waals surface area contributed by atoms with E-state index in [1.165, 1.54) is 0 Å². The molecule has 0 saturated carbocycles. The molecule has 7 nitrogen and oxygen atoms in total. The molecule has 1 aliphatic rings. The summed E-state index contributed by atoms with van der Waals surface area (Å²) in [5, 5.41) is 13.4. The van der Waals surface area contributed by atoms with Gasteiger partial charge in [-0.25, -0.2) is 9.97 Å². The molecule has 2 atom stereocenters. The van der Waals surface area contributed by atoms with Crippen LogP contribution in [0.5, 0.6) is 0 Å². The van der Waals surface area contributed by atoms with Crippen LogP contribution in [-0.2, 0) is 9.53 Å². The van der Waals surface area contributed by atoms with Crippen molar-refractivity contribution in [3.05, 3.63) is 30.0 Å². The summed E-state index contributed by atoms with van der Waals surface area (Å²) in [7, 11) is 0. The van der Waals surface area contributed by atoms with Crippen molar-refractivity contribution in [3.63, 3.8) is 0 Å². The number of esters is 1. The first-order valence-electron chi connectivity index (χ1n) is 10.8. The number of aromatic nitrogens is 2. The van der Waals surface area contributed by atoms with Gasteiger partial charge in [-0.1, -0.05) is 39.8 Å². The smallest absolute Gasteiger partial charge is 0.329 e. The van der Waals surface area contributed by atoms with Gasteiger partial charge in [-0.05, 0) is 30.9 Å². The lowest BCUT2D eigenvalue weighted by molar-refractivity contribution is -0.149. The summed E-state index contributed by atoms with van der Waals surface area (Å²) >= 11 is 0. The van der Waals surface area contributed by atoms with Crippen molar-refractivity contribution in [2.24, 2.45) is 5.92 Å². The molecule has 0 bridgehead atoms. The van der Waals surface area contributed by atoms with E-state index in [9.17, 15) is 10.1 Å². The number of benzene rings is 1. The molecule has 1 aromatic heterocycles. The lowest BCUT2D eigenvalue weighted by atomic mass is 10.0. The van der Waals surface area contributed by atoms with Crippen LogP contribution < -0.4 is 10.2 Å². The molecule has 0 amide bonds. The minimum absolute atomic E-state index is 0.199. The Hall–Kier alpha value is -2.72. The van der Waals surface area contributed by atoms with Crippen molar-refractivity contribution in [2.45, 2.75) is 58.6 Å². The number of hydrogen-bond donors (Lipinski definition) is 1. The Labute approximate surface area is 178 Å². The quantitative estimate of drug-likeness (QED) is 0.701. The Balaban J connectivity index is 2.04. The topological polar surface area (TPSA) is 91.1 Å². The zero-order chi connectivity index (χ0) is 21.7. The number of carbonyl (C=O) groups is 1. The van der Waals surface area contributed by atoms with Crippen LogP contribution in [0.25, 0.3) is 11.0 Å². The predicted molar refractivity (Wildman–Crippen MR) is 117 cm³/mol. The molecule has 1 N–H and O–H groups in total. The second-order valence-electron chi connectivity index (χ2n) is 8.11. The molecule has 1 saturated heterocycles. The number of carbonyl (C=O) groups excluding carboxylic acids is 1. The van der Waals surface area contributed by atoms with Crippen molar-refractivity contribution in [2.75, 3.05) is 24.5 Å². The molecule has 1 aromatic carbocycles. The molecule has 1 aliphatic heterocycles. The van der Waals surface area contributed by atoms with Crippen LogP contribution in [0.1, 0.15) is 52.1 Å². The van der Waals surface area contributed by atoms with Crippen molar-refractivity contribution < 1.29 is 9.53 Å². The van der Waals surface area contributed by atoms with Crippen molar-refractivity contribution in [3.8, 4) is 6.07 Å². The largest absolute Gasteiger partial charge is 0.461 e. The summed E-state index contributed by atoms with van der Waals surface area (Å²) in [4.78, 5) is 24.6. The van der Waals surface area contributed by atoms with Gasteiger partial charge in [-0.2, -0.15) is 5.26 Å². The van der Waals surface area contributed by atoms with Crippen molar-refractivity contribution in [1.82, 2.24) is 15.3 Å². The lowest BCUT2D eigenvalue weighted by Gasteiger charge is -2.37. The van der Waals surface area contributed by atoms with E-state index >= 15 is 0 Å². The highest BCUT2D eigenvalue weighted by Crippen LogP contribution is 2.29. The van der Waals surface area contributed by atoms with Crippen LogP contribution >= 0.6 is 0 Å². The van der Waals surface area contributed by atoms with Gasteiger partial charge in [-0.3, -0.25) is 4.79 Å². The van der Waals surface area contributed by atoms with E-state index in [1.54, 1.807) is 0 Å². The molecule has 1 fully saturated rings. The van der Waals surface area contributed by atoms with Crippen LogP contribution in [0.4, 0.5) is 5.82 Å². The van der Waals surface area contributed by atoms with Gasteiger partial charge < -0.3 is 15.0 Å². The van der Waals surface area contributed by atoms with Gasteiger partial charge in [0.05, 0.1) is 17.1 Å². The maximum Gasteiger partial charge on any atom is 0.329 e. The fourth-order valence-electron chi connectivity index (χ4n) is 3.76. The van der Waals surface area contributed by atoms with E-state index in [4.69, 9.17) is 14.7 Å². The third-order valence-corrected chi connectivity index (χ3v) is 5.72. The van der Waals surface area contributed by atoms with E-state index in [0.29, 0.717) is 41.8 Å². The third-order valence-electron chi connectivity index (χ3n) is 5.72. The van der Waals surface area contributed by atoms with E-state index in [-0.39, 0.29) is 6.10 Å². The van der Waals surface area contributed by atoms with Crippen molar-refractivity contribution >= 4 is 22.8 Å². The molecule has 0 aliphatic carbocycles. The van der Waals surface area contributed by atoms with Gasteiger partial charge in [0.1, 0.15) is 11.8 Å². The first-order valence-corrected chi connectivity index (χ1v) is 10.8. The number of nitriles is 1. The van der Waals surface area contributed by atoms with Crippen LogP contribution in [0, 0.1) is 17.2 Å². The van der Waals surface area contributed by atoms with Gasteiger partial charge in [0, 0.05) is 25.7 Å². The maximum atomic E-state index is 12.9.